The molecule has 0 aliphatic rings. The van der Waals surface area contributed by atoms with Gasteiger partial charge < -0.3 is 19.4 Å². The molecular weight excluding hydrogens is 282 g/mol. The van der Waals surface area contributed by atoms with E-state index < -0.39 is 5.60 Å². The van der Waals surface area contributed by atoms with Crippen LogP contribution in [-0.4, -0.2) is 27.9 Å². The summed E-state index contributed by atoms with van der Waals surface area (Å²) in [6.45, 7) is 3.50. The van der Waals surface area contributed by atoms with Gasteiger partial charge in [0, 0.05) is 5.39 Å². The Balaban J connectivity index is 2.16. The van der Waals surface area contributed by atoms with Crippen LogP contribution in [0, 0.1) is 0 Å². The van der Waals surface area contributed by atoms with Crippen LogP contribution in [0.1, 0.15) is 25.8 Å². The maximum atomic E-state index is 10.5. The molecule has 1 aromatic carbocycles. The van der Waals surface area contributed by atoms with E-state index in [-0.39, 0.29) is 5.75 Å². The van der Waals surface area contributed by atoms with Crippen molar-refractivity contribution in [1.29, 1.82) is 0 Å². The number of hydrogen-bond acceptors (Lipinski definition) is 5. The molecule has 0 saturated heterocycles. The van der Waals surface area contributed by atoms with Gasteiger partial charge in [-0.25, -0.2) is 4.98 Å². The molecule has 0 fully saturated rings. The lowest BCUT2D eigenvalue weighted by atomic mass is 9.97. The third kappa shape index (κ3) is 2.48. The van der Waals surface area contributed by atoms with Gasteiger partial charge in [0.15, 0.2) is 0 Å². The molecule has 22 heavy (non-hydrogen) atoms. The van der Waals surface area contributed by atoms with E-state index in [1.807, 2.05) is 12.1 Å². The van der Waals surface area contributed by atoms with Crippen molar-refractivity contribution in [2.24, 2.45) is 0 Å². The molecule has 5 heteroatoms. The molecule has 2 heterocycles. The highest BCUT2D eigenvalue weighted by atomic mass is 16.5. The number of aromatic hydroxyl groups is 1. The summed E-state index contributed by atoms with van der Waals surface area (Å²) in [7, 11) is 1.58. The molecule has 116 valence electrons. The number of fused-ring (bicyclic) bond motifs is 2. The largest absolute Gasteiger partial charge is 0.505 e. The third-order valence-electron chi connectivity index (χ3n) is 3.79. The number of aryl methyl sites for hydroxylation is 1. The van der Waals surface area contributed by atoms with Gasteiger partial charge in [0.1, 0.15) is 17.0 Å². The van der Waals surface area contributed by atoms with Crippen LogP contribution in [0.2, 0.25) is 0 Å². The van der Waals surface area contributed by atoms with Crippen LogP contribution in [0.25, 0.3) is 22.0 Å². The van der Waals surface area contributed by atoms with Gasteiger partial charge in [-0.1, -0.05) is 6.07 Å². The van der Waals surface area contributed by atoms with E-state index in [2.05, 4.69) is 4.98 Å². The fraction of sp³-hybridized carbons (Fsp3) is 0.353. The van der Waals surface area contributed by atoms with Crippen LogP contribution in [-0.2, 0) is 6.42 Å². The summed E-state index contributed by atoms with van der Waals surface area (Å²) >= 11 is 0. The van der Waals surface area contributed by atoms with Gasteiger partial charge in [0.05, 0.1) is 24.4 Å². The zero-order valence-corrected chi connectivity index (χ0v) is 12.9. The number of phenols is 1. The molecule has 2 N–H and O–H groups in total. The SMILES string of the molecule is COc1c2ccoc2nc2c(O)c(CCC(C)(C)O)ccc12. The van der Waals surface area contributed by atoms with Crippen molar-refractivity contribution in [3.63, 3.8) is 0 Å². The molecule has 0 spiro atoms. The monoisotopic (exact) mass is 301 g/mol. The van der Waals surface area contributed by atoms with Crippen molar-refractivity contribution >= 4 is 22.0 Å². The Labute approximate surface area is 128 Å². The molecule has 5 nitrogen and oxygen atoms in total. The maximum absolute atomic E-state index is 10.5. The van der Waals surface area contributed by atoms with Crippen LogP contribution in [0.4, 0.5) is 0 Å². The summed E-state index contributed by atoms with van der Waals surface area (Å²) in [6, 6.07) is 5.52. The summed E-state index contributed by atoms with van der Waals surface area (Å²) < 4.78 is 10.8. The van der Waals surface area contributed by atoms with Gasteiger partial charge in [0.2, 0.25) is 5.71 Å². The average molecular weight is 301 g/mol. The van der Waals surface area contributed by atoms with Crippen molar-refractivity contribution in [2.45, 2.75) is 32.3 Å². The minimum absolute atomic E-state index is 0.110. The van der Waals surface area contributed by atoms with Crippen LogP contribution < -0.4 is 4.74 Å². The average Bonchev–Trinajstić information content (AvgIpc) is 2.91. The number of aliphatic hydroxyl groups is 1. The Morgan fingerprint density at radius 3 is 2.68 bits per heavy atom. The zero-order valence-electron chi connectivity index (χ0n) is 12.9. The second kappa shape index (κ2) is 5.18. The maximum Gasteiger partial charge on any atom is 0.230 e. The van der Waals surface area contributed by atoms with E-state index in [0.717, 1.165) is 16.3 Å². The van der Waals surface area contributed by atoms with Gasteiger partial charge in [-0.05, 0) is 44.4 Å². The van der Waals surface area contributed by atoms with E-state index in [1.54, 1.807) is 33.3 Å². The summed E-state index contributed by atoms with van der Waals surface area (Å²) in [6.07, 6.45) is 2.66. The Kier molecular flexibility index (Phi) is 3.45. The number of hydrogen-bond donors (Lipinski definition) is 2. The van der Waals surface area contributed by atoms with Gasteiger partial charge >= 0.3 is 0 Å². The minimum Gasteiger partial charge on any atom is -0.505 e. The number of ether oxygens (including phenoxy) is 1. The molecule has 0 aliphatic heterocycles. The predicted octanol–water partition coefficient (Wildman–Crippen LogP) is 3.40. The minimum atomic E-state index is -0.780. The van der Waals surface area contributed by atoms with E-state index in [9.17, 15) is 10.2 Å². The molecular formula is C17H19NO4. The van der Waals surface area contributed by atoms with Crippen LogP contribution in [0.15, 0.2) is 28.9 Å². The van der Waals surface area contributed by atoms with Gasteiger partial charge in [0.25, 0.3) is 0 Å². The summed E-state index contributed by atoms with van der Waals surface area (Å²) in [4.78, 5) is 4.39. The normalized spacial score (nSPS) is 12.2. The molecule has 0 saturated carbocycles. The molecule has 3 aromatic rings. The van der Waals surface area contributed by atoms with Gasteiger partial charge in [-0.2, -0.15) is 0 Å². The lowest BCUT2D eigenvalue weighted by Crippen LogP contribution is -2.19. The number of aromatic nitrogens is 1. The molecule has 0 unspecified atom stereocenters. The number of phenolic OH excluding ortho intramolecular Hbond substituents is 1. The van der Waals surface area contributed by atoms with Gasteiger partial charge in [-0.3, -0.25) is 0 Å². The second-order valence-corrected chi connectivity index (χ2v) is 6.07. The molecule has 3 rings (SSSR count). The van der Waals surface area contributed by atoms with E-state index in [0.29, 0.717) is 29.8 Å². The zero-order chi connectivity index (χ0) is 15.9. The third-order valence-corrected chi connectivity index (χ3v) is 3.79. The number of methoxy groups -OCH3 is 1. The Morgan fingerprint density at radius 1 is 1.23 bits per heavy atom. The molecule has 0 aliphatic carbocycles. The number of pyridine rings is 1. The lowest BCUT2D eigenvalue weighted by molar-refractivity contribution is 0.0713. The van der Waals surface area contributed by atoms with Crippen LogP contribution in [0.3, 0.4) is 0 Å². The first-order valence-corrected chi connectivity index (χ1v) is 7.19. The van der Waals surface area contributed by atoms with Crippen molar-refractivity contribution in [3.8, 4) is 11.5 Å². The predicted molar refractivity (Wildman–Crippen MR) is 84.4 cm³/mol. The highest BCUT2D eigenvalue weighted by Gasteiger charge is 2.18. The molecule has 0 amide bonds. The lowest BCUT2D eigenvalue weighted by Gasteiger charge is -2.17. The van der Waals surface area contributed by atoms with Crippen LogP contribution >= 0.6 is 0 Å². The molecule has 0 atom stereocenters. The van der Waals surface area contributed by atoms with Crippen molar-refractivity contribution in [1.82, 2.24) is 4.98 Å². The number of furan rings is 1. The Bertz CT molecular complexity index is 830. The van der Waals surface area contributed by atoms with Crippen molar-refractivity contribution < 1.29 is 19.4 Å². The number of rotatable bonds is 4. The Morgan fingerprint density at radius 2 is 2.00 bits per heavy atom. The standard InChI is InChI=1S/C17H19NO4/c1-17(2,20)8-6-10-4-5-11-13(14(10)19)18-16-12(7-9-22-16)15(11)21-3/h4-5,7,9,19-20H,6,8H2,1-3H3. The fourth-order valence-electron chi connectivity index (χ4n) is 2.59. The summed E-state index contributed by atoms with van der Waals surface area (Å²) in [5.74, 6) is 0.747. The molecule has 2 aromatic heterocycles. The van der Waals surface area contributed by atoms with Gasteiger partial charge in [-0.15, -0.1) is 0 Å². The van der Waals surface area contributed by atoms with E-state index in [4.69, 9.17) is 9.15 Å². The smallest absolute Gasteiger partial charge is 0.230 e. The van der Waals surface area contributed by atoms with E-state index >= 15 is 0 Å². The number of benzene rings is 1. The first-order valence-electron chi connectivity index (χ1n) is 7.19. The number of nitrogens with zero attached hydrogens (tertiary/aromatic N) is 1. The molecule has 0 bridgehead atoms. The van der Waals surface area contributed by atoms with Crippen LogP contribution in [0.5, 0.6) is 11.5 Å². The Hall–Kier alpha value is -2.27. The quantitative estimate of drug-likeness (QED) is 0.772. The highest BCUT2D eigenvalue weighted by Crippen LogP contribution is 2.38. The fourth-order valence-corrected chi connectivity index (χ4v) is 2.59. The summed E-state index contributed by atoms with van der Waals surface area (Å²) in [5, 5.41) is 21.9. The molecule has 0 radical (unpaired) electrons. The first-order chi connectivity index (χ1) is 10.4. The topological polar surface area (TPSA) is 75.7 Å². The van der Waals surface area contributed by atoms with Crippen molar-refractivity contribution in [3.05, 3.63) is 30.0 Å². The summed E-state index contributed by atoms with van der Waals surface area (Å²) in [5.41, 5.74) is 0.846. The van der Waals surface area contributed by atoms with Crippen molar-refractivity contribution in [2.75, 3.05) is 7.11 Å². The van der Waals surface area contributed by atoms with E-state index in [1.165, 1.54) is 0 Å². The highest BCUT2D eigenvalue weighted by molar-refractivity contribution is 6.01. The first kappa shape index (κ1) is 14.7. The second-order valence-electron chi connectivity index (χ2n) is 6.07.